The van der Waals surface area contributed by atoms with Crippen LogP contribution in [-0.4, -0.2) is 18.2 Å². The molecule has 0 unspecified atom stereocenters. The maximum Gasteiger partial charge on any atom is 0.409 e. The molecule has 0 saturated carbocycles. The molecule has 0 bridgehead atoms. The van der Waals surface area contributed by atoms with Crippen molar-refractivity contribution in [2.24, 2.45) is 0 Å². The summed E-state index contributed by atoms with van der Waals surface area (Å²) in [5.41, 5.74) is 4.25. The fourth-order valence-electron chi connectivity index (χ4n) is 2.43. The van der Waals surface area contributed by atoms with E-state index in [0.29, 0.717) is 5.69 Å². The van der Waals surface area contributed by atoms with Crippen LogP contribution < -0.4 is 10.2 Å². The number of carboxylic acid groups (broad SMARTS) is 1. The number of rotatable bonds is 4. The lowest BCUT2D eigenvalue weighted by Gasteiger charge is -2.22. The third-order valence-corrected chi connectivity index (χ3v) is 4.53. The van der Waals surface area contributed by atoms with Crippen molar-refractivity contribution in [3.05, 3.63) is 58.1 Å². The Bertz CT molecular complexity index is 721. The summed E-state index contributed by atoms with van der Waals surface area (Å²) >= 11 is 3.41. The smallest absolute Gasteiger partial charge is 0.409 e. The summed E-state index contributed by atoms with van der Waals surface area (Å²) in [6.07, 6.45) is -1.07. The summed E-state index contributed by atoms with van der Waals surface area (Å²) in [7, 11) is 2.02. The third-order valence-electron chi connectivity index (χ3n) is 3.87. The van der Waals surface area contributed by atoms with Crippen LogP contribution in [0, 0.1) is 0 Å². The van der Waals surface area contributed by atoms with Crippen LogP contribution >= 0.6 is 15.9 Å². The quantitative estimate of drug-likeness (QED) is 0.726. The Labute approximate surface area is 151 Å². The average Bonchev–Trinajstić information content (AvgIpc) is 2.48. The topological polar surface area (TPSA) is 52.6 Å². The van der Waals surface area contributed by atoms with Gasteiger partial charge in [-0.25, -0.2) is 4.79 Å². The summed E-state index contributed by atoms with van der Waals surface area (Å²) < 4.78 is 0.720. The summed E-state index contributed by atoms with van der Waals surface area (Å²) in [4.78, 5) is 12.9. The second kappa shape index (κ2) is 7.26. The normalized spacial score (nSPS) is 11.2. The fraction of sp³-hybridized carbons (Fsp3) is 0.316. The molecule has 1 amide bonds. The summed E-state index contributed by atoms with van der Waals surface area (Å²) in [6.45, 7) is 7.40. The van der Waals surface area contributed by atoms with Crippen LogP contribution in [0.1, 0.15) is 31.9 Å². The van der Waals surface area contributed by atoms with Gasteiger partial charge in [0.05, 0.1) is 5.69 Å². The first-order chi connectivity index (χ1) is 11.2. The minimum absolute atomic E-state index is 0.155. The fourth-order valence-corrected chi connectivity index (χ4v) is 2.90. The van der Waals surface area contributed by atoms with E-state index in [1.165, 1.54) is 11.1 Å². The monoisotopic (exact) mass is 390 g/mol. The first kappa shape index (κ1) is 18.3. The predicted octanol–water partition coefficient (Wildman–Crippen LogP) is 5.47. The van der Waals surface area contributed by atoms with E-state index in [0.717, 1.165) is 16.7 Å². The number of nitrogens with zero attached hydrogens (tertiary/aromatic N) is 1. The van der Waals surface area contributed by atoms with Gasteiger partial charge in [-0.05, 0) is 50.7 Å². The molecule has 2 aromatic carbocycles. The number of benzene rings is 2. The van der Waals surface area contributed by atoms with Gasteiger partial charge in [-0.15, -0.1) is 0 Å². The Balaban J connectivity index is 2.10. The van der Waals surface area contributed by atoms with E-state index in [2.05, 4.69) is 71.2 Å². The first-order valence-electron chi connectivity index (χ1n) is 7.77. The number of hydrogen-bond acceptors (Lipinski definition) is 2. The van der Waals surface area contributed by atoms with Crippen molar-refractivity contribution < 1.29 is 9.90 Å². The molecule has 5 heteroatoms. The van der Waals surface area contributed by atoms with E-state index in [4.69, 9.17) is 5.11 Å². The molecule has 0 aliphatic heterocycles. The molecule has 0 aliphatic rings. The van der Waals surface area contributed by atoms with Crippen molar-refractivity contribution in [2.75, 3.05) is 17.3 Å². The van der Waals surface area contributed by atoms with E-state index in [9.17, 15) is 4.79 Å². The highest BCUT2D eigenvalue weighted by Gasteiger charge is 2.13. The predicted molar refractivity (Wildman–Crippen MR) is 103 cm³/mol. The zero-order valence-electron chi connectivity index (χ0n) is 14.4. The average molecular weight is 391 g/mol. The highest BCUT2D eigenvalue weighted by molar-refractivity contribution is 9.10. The summed E-state index contributed by atoms with van der Waals surface area (Å²) in [5.74, 6) is 0. The lowest BCUT2D eigenvalue weighted by atomic mass is 9.87. The number of anilines is 2. The van der Waals surface area contributed by atoms with Gasteiger partial charge >= 0.3 is 6.09 Å². The molecule has 0 atom stereocenters. The van der Waals surface area contributed by atoms with E-state index in [1.807, 2.05) is 19.2 Å². The Morgan fingerprint density at radius 1 is 1.17 bits per heavy atom. The van der Waals surface area contributed by atoms with Gasteiger partial charge in [0.15, 0.2) is 0 Å². The minimum atomic E-state index is -1.07. The van der Waals surface area contributed by atoms with Gasteiger partial charge in [-0.2, -0.15) is 0 Å². The van der Waals surface area contributed by atoms with Crippen LogP contribution in [0.4, 0.5) is 16.2 Å². The highest BCUT2D eigenvalue weighted by atomic mass is 79.9. The van der Waals surface area contributed by atoms with Gasteiger partial charge in [0.25, 0.3) is 0 Å². The molecular weight excluding hydrogens is 368 g/mol. The van der Waals surface area contributed by atoms with Crippen LogP contribution in [0.25, 0.3) is 0 Å². The van der Waals surface area contributed by atoms with Crippen LogP contribution in [0.3, 0.4) is 0 Å². The molecule has 0 fully saturated rings. The van der Waals surface area contributed by atoms with Crippen LogP contribution in [0.2, 0.25) is 0 Å². The zero-order chi connectivity index (χ0) is 17.9. The largest absolute Gasteiger partial charge is 0.465 e. The standard InChI is InChI=1S/C19H23BrN2O2/c1-19(2,3)14-7-5-13(6-8-14)12-22(4)15-9-10-17(16(20)11-15)21-18(23)24/h5-11,21H,12H2,1-4H3,(H,23,24). The molecule has 2 rings (SSSR count). The van der Waals surface area contributed by atoms with Crippen molar-refractivity contribution in [3.8, 4) is 0 Å². The van der Waals surface area contributed by atoms with Gasteiger partial charge in [0.1, 0.15) is 0 Å². The van der Waals surface area contributed by atoms with Gasteiger partial charge in [-0.1, -0.05) is 45.0 Å². The summed E-state index contributed by atoms with van der Waals surface area (Å²) in [5, 5.41) is 11.2. The highest BCUT2D eigenvalue weighted by Crippen LogP contribution is 2.28. The van der Waals surface area contributed by atoms with Crippen molar-refractivity contribution in [1.29, 1.82) is 0 Å². The first-order valence-corrected chi connectivity index (χ1v) is 8.56. The van der Waals surface area contributed by atoms with E-state index in [1.54, 1.807) is 6.07 Å². The Morgan fingerprint density at radius 2 is 1.79 bits per heavy atom. The molecule has 0 radical (unpaired) electrons. The van der Waals surface area contributed by atoms with Gasteiger partial charge in [-0.3, -0.25) is 5.32 Å². The molecule has 0 heterocycles. The van der Waals surface area contributed by atoms with E-state index >= 15 is 0 Å². The molecule has 0 saturated heterocycles. The minimum Gasteiger partial charge on any atom is -0.465 e. The molecule has 4 nitrogen and oxygen atoms in total. The van der Waals surface area contributed by atoms with Crippen molar-refractivity contribution >= 4 is 33.4 Å². The van der Waals surface area contributed by atoms with E-state index < -0.39 is 6.09 Å². The number of halogens is 1. The Hall–Kier alpha value is -2.01. The lowest BCUT2D eigenvalue weighted by Crippen LogP contribution is -2.17. The molecule has 2 N–H and O–H groups in total. The van der Waals surface area contributed by atoms with Gasteiger partial charge < -0.3 is 10.0 Å². The van der Waals surface area contributed by atoms with Crippen LogP contribution in [-0.2, 0) is 12.0 Å². The van der Waals surface area contributed by atoms with Crippen molar-refractivity contribution in [2.45, 2.75) is 32.7 Å². The molecule has 128 valence electrons. The third kappa shape index (κ3) is 4.74. The molecule has 2 aromatic rings. The van der Waals surface area contributed by atoms with E-state index in [-0.39, 0.29) is 5.41 Å². The Morgan fingerprint density at radius 3 is 2.29 bits per heavy atom. The molecule has 0 aliphatic carbocycles. The second-order valence-electron chi connectivity index (χ2n) is 6.90. The van der Waals surface area contributed by atoms with Crippen LogP contribution in [0.15, 0.2) is 46.9 Å². The molecule has 0 aromatic heterocycles. The van der Waals surface area contributed by atoms with Crippen molar-refractivity contribution in [1.82, 2.24) is 0 Å². The number of carbonyl (C=O) groups is 1. The number of hydrogen-bond donors (Lipinski definition) is 2. The second-order valence-corrected chi connectivity index (χ2v) is 7.75. The summed E-state index contributed by atoms with van der Waals surface area (Å²) in [6, 6.07) is 14.2. The molecule has 24 heavy (non-hydrogen) atoms. The maximum atomic E-state index is 10.7. The number of nitrogens with one attached hydrogen (secondary N) is 1. The number of amides is 1. The van der Waals surface area contributed by atoms with Crippen molar-refractivity contribution in [3.63, 3.8) is 0 Å². The molecule has 0 spiro atoms. The van der Waals surface area contributed by atoms with Gasteiger partial charge in [0.2, 0.25) is 0 Å². The maximum absolute atomic E-state index is 10.7. The van der Waals surface area contributed by atoms with Crippen LogP contribution in [0.5, 0.6) is 0 Å². The molecular formula is C19H23BrN2O2. The lowest BCUT2D eigenvalue weighted by molar-refractivity contribution is 0.209. The zero-order valence-corrected chi connectivity index (χ0v) is 16.0. The van der Waals surface area contributed by atoms with Gasteiger partial charge in [0, 0.05) is 23.8 Å². The SMILES string of the molecule is CN(Cc1ccc(C(C)(C)C)cc1)c1ccc(NC(=O)O)c(Br)c1. The Kier molecular flexibility index (Phi) is 5.54.